The molecule has 0 aliphatic carbocycles. The highest BCUT2D eigenvalue weighted by molar-refractivity contribution is 5.40. The number of nitrogens with zero attached hydrogens (tertiary/aromatic N) is 3. The predicted octanol–water partition coefficient (Wildman–Crippen LogP) is 1.88. The van der Waals surface area contributed by atoms with Gasteiger partial charge >= 0.3 is 0 Å². The zero-order chi connectivity index (χ0) is 10.8. The van der Waals surface area contributed by atoms with Gasteiger partial charge in [-0.05, 0) is 18.9 Å². The first kappa shape index (κ1) is 10.3. The van der Waals surface area contributed by atoms with Gasteiger partial charge in [-0.15, -0.1) is 0 Å². The lowest BCUT2D eigenvalue weighted by Gasteiger charge is -2.40. The minimum Gasteiger partial charge on any atom is -0.356 e. The Kier molecular flexibility index (Phi) is 2.79. The summed E-state index contributed by atoms with van der Waals surface area (Å²) in [6.45, 7) is 3.18. The summed E-state index contributed by atoms with van der Waals surface area (Å²) in [5.74, 6) is 1.66. The number of aryl methyl sites for hydroxylation is 1. The van der Waals surface area contributed by atoms with Crippen molar-refractivity contribution in [1.29, 1.82) is 0 Å². The Morgan fingerprint density at radius 3 is 2.87 bits per heavy atom. The van der Waals surface area contributed by atoms with Crippen LogP contribution in [0.3, 0.4) is 0 Å². The molecule has 1 aromatic rings. The van der Waals surface area contributed by atoms with E-state index >= 15 is 0 Å². The smallest absolute Gasteiger partial charge is 0.239 e. The fraction of sp³-hybridized carbons (Fsp3) is 0.600. The summed E-state index contributed by atoms with van der Waals surface area (Å²) < 4.78 is 24.1. The SMILES string of the molecule is Cc1nccc(N2CC(CC(F)F)C2)n1. The molecule has 0 spiro atoms. The summed E-state index contributed by atoms with van der Waals surface area (Å²) in [5.41, 5.74) is 0. The van der Waals surface area contributed by atoms with Gasteiger partial charge in [0.25, 0.3) is 0 Å². The van der Waals surface area contributed by atoms with Crippen LogP contribution < -0.4 is 4.90 Å². The first-order valence-electron chi connectivity index (χ1n) is 4.98. The average Bonchev–Trinajstić information content (AvgIpc) is 2.10. The van der Waals surface area contributed by atoms with Crippen molar-refractivity contribution in [3.8, 4) is 0 Å². The molecule has 1 aliphatic rings. The molecule has 0 atom stereocenters. The summed E-state index contributed by atoms with van der Waals surface area (Å²) in [7, 11) is 0. The molecule has 1 saturated heterocycles. The van der Waals surface area contributed by atoms with E-state index in [2.05, 4.69) is 9.97 Å². The van der Waals surface area contributed by atoms with E-state index in [-0.39, 0.29) is 12.3 Å². The van der Waals surface area contributed by atoms with E-state index in [1.807, 2.05) is 17.9 Å². The average molecular weight is 213 g/mol. The van der Waals surface area contributed by atoms with Gasteiger partial charge in [-0.1, -0.05) is 0 Å². The Bertz CT molecular complexity index is 337. The molecule has 0 bridgehead atoms. The van der Waals surface area contributed by atoms with Crippen molar-refractivity contribution in [2.45, 2.75) is 19.8 Å². The van der Waals surface area contributed by atoms with Crippen molar-refractivity contribution in [1.82, 2.24) is 9.97 Å². The molecule has 0 N–H and O–H groups in total. The minimum absolute atomic E-state index is 0.000561. The van der Waals surface area contributed by atoms with Crippen LogP contribution in [-0.4, -0.2) is 29.5 Å². The van der Waals surface area contributed by atoms with Crippen LogP contribution in [0.2, 0.25) is 0 Å². The zero-order valence-electron chi connectivity index (χ0n) is 8.53. The maximum Gasteiger partial charge on any atom is 0.239 e. The Morgan fingerprint density at radius 2 is 2.27 bits per heavy atom. The topological polar surface area (TPSA) is 29.0 Å². The summed E-state index contributed by atoms with van der Waals surface area (Å²) in [5, 5.41) is 0. The summed E-state index contributed by atoms with van der Waals surface area (Å²) in [6.07, 6.45) is -0.497. The molecule has 2 heterocycles. The van der Waals surface area contributed by atoms with Gasteiger partial charge in [0.1, 0.15) is 11.6 Å². The molecule has 1 aliphatic heterocycles. The third-order valence-electron chi connectivity index (χ3n) is 2.55. The highest BCUT2D eigenvalue weighted by atomic mass is 19.3. The van der Waals surface area contributed by atoms with Gasteiger partial charge in [0.2, 0.25) is 6.43 Å². The van der Waals surface area contributed by atoms with Crippen LogP contribution in [0.15, 0.2) is 12.3 Å². The van der Waals surface area contributed by atoms with E-state index in [1.54, 1.807) is 6.20 Å². The molecule has 3 nitrogen and oxygen atoms in total. The molecule has 0 amide bonds. The van der Waals surface area contributed by atoms with Gasteiger partial charge < -0.3 is 4.90 Å². The van der Waals surface area contributed by atoms with Gasteiger partial charge in [0.15, 0.2) is 0 Å². The van der Waals surface area contributed by atoms with Crippen LogP contribution in [0.25, 0.3) is 0 Å². The normalized spacial score (nSPS) is 16.9. The van der Waals surface area contributed by atoms with Crippen LogP contribution in [-0.2, 0) is 0 Å². The monoisotopic (exact) mass is 213 g/mol. The van der Waals surface area contributed by atoms with E-state index in [0.29, 0.717) is 18.9 Å². The number of anilines is 1. The van der Waals surface area contributed by atoms with E-state index in [1.165, 1.54) is 0 Å². The number of hydrogen-bond acceptors (Lipinski definition) is 3. The lowest BCUT2D eigenvalue weighted by atomic mass is 9.97. The molecule has 0 radical (unpaired) electrons. The van der Waals surface area contributed by atoms with E-state index in [4.69, 9.17) is 0 Å². The van der Waals surface area contributed by atoms with Gasteiger partial charge in [-0.2, -0.15) is 0 Å². The first-order chi connectivity index (χ1) is 7.15. The highest BCUT2D eigenvalue weighted by Crippen LogP contribution is 2.26. The molecular weight excluding hydrogens is 200 g/mol. The van der Waals surface area contributed by atoms with E-state index < -0.39 is 6.43 Å². The van der Waals surface area contributed by atoms with Gasteiger partial charge in [0.05, 0.1) is 0 Å². The summed E-state index contributed by atoms with van der Waals surface area (Å²) >= 11 is 0. The largest absolute Gasteiger partial charge is 0.356 e. The Labute approximate surface area is 87.1 Å². The number of alkyl halides is 2. The molecule has 5 heteroatoms. The van der Waals surface area contributed by atoms with Crippen molar-refractivity contribution in [2.75, 3.05) is 18.0 Å². The van der Waals surface area contributed by atoms with Crippen molar-refractivity contribution in [2.24, 2.45) is 5.92 Å². The van der Waals surface area contributed by atoms with Gasteiger partial charge in [-0.3, -0.25) is 0 Å². The number of hydrogen-bond donors (Lipinski definition) is 0. The minimum atomic E-state index is -2.19. The number of aromatic nitrogens is 2. The molecule has 0 saturated carbocycles. The highest BCUT2D eigenvalue weighted by Gasteiger charge is 2.29. The van der Waals surface area contributed by atoms with E-state index in [9.17, 15) is 8.78 Å². The Balaban J connectivity index is 1.89. The molecule has 0 unspecified atom stereocenters. The molecule has 0 aromatic carbocycles. The summed E-state index contributed by atoms with van der Waals surface area (Å²) in [4.78, 5) is 10.2. The standard InChI is InChI=1S/C10H13F2N3/c1-7-13-3-2-10(14-7)15-5-8(6-15)4-9(11)12/h2-3,8-9H,4-6H2,1H3. The van der Waals surface area contributed by atoms with Crippen molar-refractivity contribution in [3.63, 3.8) is 0 Å². The molecule has 1 fully saturated rings. The zero-order valence-corrected chi connectivity index (χ0v) is 8.53. The molecule has 1 aromatic heterocycles. The van der Waals surface area contributed by atoms with Crippen LogP contribution in [0.1, 0.15) is 12.2 Å². The number of rotatable bonds is 3. The second-order valence-electron chi connectivity index (χ2n) is 3.86. The van der Waals surface area contributed by atoms with Crippen molar-refractivity contribution >= 4 is 5.82 Å². The molecular formula is C10H13F2N3. The van der Waals surface area contributed by atoms with Gasteiger partial charge in [0, 0.05) is 25.7 Å². The van der Waals surface area contributed by atoms with Crippen LogP contribution >= 0.6 is 0 Å². The van der Waals surface area contributed by atoms with Crippen molar-refractivity contribution in [3.05, 3.63) is 18.1 Å². The molecule has 2 rings (SSSR count). The maximum absolute atomic E-state index is 12.1. The lowest BCUT2D eigenvalue weighted by molar-refractivity contribution is 0.107. The van der Waals surface area contributed by atoms with Crippen LogP contribution in [0.4, 0.5) is 14.6 Å². The van der Waals surface area contributed by atoms with Gasteiger partial charge in [-0.25, -0.2) is 18.7 Å². The molecule has 15 heavy (non-hydrogen) atoms. The van der Waals surface area contributed by atoms with E-state index in [0.717, 1.165) is 5.82 Å². The fourth-order valence-electron chi connectivity index (χ4n) is 1.78. The van der Waals surface area contributed by atoms with Crippen LogP contribution in [0, 0.1) is 12.8 Å². The molecule has 82 valence electrons. The maximum atomic E-state index is 12.1. The fourth-order valence-corrected chi connectivity index (χ4v) is 1.78. The lowest BCUT2D eigenvalue weighted by Crippen LogP contribution is -2.47. The summed E-state index contributed by atoms with van der Waals surface area (Å²) in [6, 6.07) is 1.81. The third-order valence-corrected chi connectivity index (χ3v) is 2.55. The quantitative estimate of drug-likeness (QED) is 0.767. The third kappa shape index (κ3) is 2.40. The van der Waals surface area contributed by atoms with Crippen molar-refractivity contribution < 1.29 is 8.78 Å². The second-order valence-corrected chi connectivity index (χ2v) is 3.86. The van der Waals surface area contributed by atoms with Crippen LogP contribution in [0.5, 0.6) is 0 Å². The Morgan fingerprint density at radius 1 is 1.53 bits per heavy atom. The second kappa shape index (κ2) is 4.08. The number of halogens is 2. The first-order valence-corrected chi connectivity index (χ1v) is 4.98. The Hall–Kier alpha value is -1.26. The predicted molar refractivity (Wildman–Crippen MR) is 53.1 cm³/mol.